The molecule has 2 heterocycles. The summed E-state index contributed by atoms with van der Waals surface area (Å²) in [4.78, 5) is 10.00. The van der Waals surface area contributed by atoms with Gasteiger partial charge in [-0.1, -0.05) is 18.2 Å². The summed E-state index contributed by atoms with van der Waals surface area (Å²) in [6.45, 7) is 6.23. The van der Waals surface area contributed by atoms with Gasteiger partial charge in [-0.05, 0) is 43.2 Å². The number of likely N-dealkylation sites (N-methyl/N-ethyl adjacent to an activating group) is 1. The van der Waals surface area contributed by atoms with Crippen molar-refractivity contribution in [3.05, 3.63) is 47.5 Å². The van der Waals surface area contributed by atoms with E-state index in [0.717, 1.165) is 46.9 Å². The lowest BCUT2D eigenvalue weighted by atomic mass is 10.1. The molecule has 0 aliphatic heterocycles. The fraction of sp³-hybridized carbons (Fsp3) is 0.364. The lowest BCUT2D eigenvalue weighted by Gasteiger charge is -2.24. The molecular formula is C22H28N4O4S. The zero-order chi connectivity index (χ0) is 23.0. The third-order valence-corrected chi connectivity index (χ3v) is 5.57. The fourth-order valence-corrected chi connectivity index (χ4v) is 3.32. The zero-order valence-corrected chi connectivity index (χ0v) is 19.5. The number of nitrogens with zero attached hydrogens (tertiary/aromatic N) is 4. The lowest BCUT2D eigenvalue weighted by Crippen LogP contribution is -2.37. The highest BCUT2D eigenvalue weighted by Gasteiger charge is 2.16. The van der Waals surface area contributed by atoms with Crippen LogP contribution in [-0.2, 0) is 21.1 Å². The van der Waals surface area contributed by atoms with E-state index in [1.165, 1.54) is 22.0 Å². The van der Waals surface area contributed by atoms with Gasteiger partial charge in [0.05, 0.1) is 57.9 Å². The van der Waals surface area contributed by atoms with Gasteiger partial charge in [0.1, 0.15) is 5.52 Å². The quantitative estimate of drug-likeness (QED) is 0.272. The monoisotopic (exact) mass is 444 g/mol. The molecule has 0 spiro atoms. The molecule has 4 aromatic rings. The Labute approximate surface area is 182 Å². The van der Waals surface area contributed by atoms with Crippen LogP contribution in [0.3, 0.4) is 0 Å². The van der Waals surface area contributed by atoms with Gasteiger partial charge in [-0.15, -0.1) is 0 Å². The van der Waals surface area contributed by atoms with Crippen molar-refractivity contribution < 1.29 is 21.6 Å². The molecule has 8 nitrogen and oxygen atoms in total. The number of fused-ring (bicyclic) bond motifs is 4. The van der Waals surface area contributed by atoms with Gasteiger partial charge in [0, 0.05) is 5.39 Å². The Kier molecular flexibility index (Phi) is 6.33. The molecule has 0 atom stereocenters. The van der Waals surface area contributed by atoms with Crippen LogP contribution in [0.2, 0.25) is 0 Å². The maximum absolute atomic E-state index is 9.22. The highest BCUT2D eigenvalue weighted by atomic mass is 32.3. The second-order valence-electron chi connectivity index (χ2n) is 8.58. The second-order valence-corrected chi connectivity index (χ2v) is 9.73. The number of rotatable bonds is 4. The summed E-state index contributed by atoms with van der Waals surface area (Å²) in [5, 5.41) is 1.19. The first-order valence-corrected chi connectivity index (χ1v) is 11.2. The van der Waals surface area contributed by atoms with E-state index < -0.39 is 10.4 Å². The van der Waals surface area contributed by atoms with Crippen LogP contribution in [0.4, 0.5) is 0 Å². The average Bonchev–Trinajstić information content (AvgIpc) is 2.98. The molecule has 31 heavy (non-hydrogen) atoms. The molecule has 0 aliphatic carbocycles. The van der Waals surface area contributed by atoms with Crippen LogP contribution >= 0.6 is 0 Å². The van der Waals surface area contributed by atoms with E-state index in [1.54, 1.807) is 0 Å². The summed E-state index contributed by atoms with van der Waals surface area (Å²) >= 11 is 0. The second kappa shape index (κ2) is 8.51. The Balaban J connectivity index is 0.000000401. The first kappa shape index (κ1) is 23.1. The van der Waals surface area contributed by atoms with Gasteiger partial charge in [-0.3, -0.25) is 4.18 Å². The number of quaternary nitrogens is 1. The molecule has 166 valence electrons. The minimum atomic E-state index is -4.41. The number of hydrogen-bond donors (Lipinski definition) is 0. The van der Waals surface area contributed by atoms with Crippen LogP contribution in [0.25, 0.3) is 33.1 Å². The Morgan fingerprint density at radius 3 is 2.13 bits per heavy atom. The van der Waals surface area contributed by atoms with Crippen molar-refractivity contribution in [1.29, 1.82) is 0 Å². The number of para-hydroxylation sites is 1. The van der Waals surface area contributed by atoms with Crippen molar-refractivity contribution >= 4 is 43.5 Å². The molecule has 0 N–H and O–H groups in total. The van der Waals surface area contributed by atoms with E-state index in [9.17, 15) is 13.0 Å². The molecule has 0 amide bonds. The topological polar surface area (TPSA) is 97.1 Å². The molecule has 0 saturated carbocycles. The van der Waals surface area contributed by atoms with Crippen LogP contribution in [0, 0.1) is 13.8 Å². The summed E-state index contributed by atoms with van der Waals surface area (Å²) in [6.07, 6.45) is 0. The molecule has 0 fully saturated rings. The van der Waals surface area contributed by atoms with E-state index in [-0.39, 0.29) is 0 Å². The van der Waals surface area contributed by atoms with Crippen molar-refractivity contribution in [3.8, 4) is 0 Å². The van der Waals surface area contributed by atoms with Crippen LogP contribution < -0.4 is 0 Å². The number of aromatic nitrogens is 3. The average molecular weight is 445 g/mol. The van der Waals surface area contributed by atoms with Gasteiger partial charge in [-0.25, -0.2) is 18.4 Å². The van der Waals surface area contributed by atoms with Gasteiger partial charge < -0.3 is 13.6 Å². The van der Waals surface area contributed by atoms with E-state index in [0.29, 0.717) is 0 Å². The molecule has 2 aromatic heterocycles. The molecular weight excluding hydrogens is 416 g/mol. The zero-order valence-electron chi connectivity index (χ0n) is 18.7. The van der Waals surface area contributed by atoms with Crippen LogP contribution in [0.1, 0.15) is 11.1 Å². The summed E-state index contributed by atoms with van der Waals surface area (Å²) < 4.78 is 34.3. The Morgan fingerprint density at radius 2 is 1.58 bits per heavy atom. The van der Waals surface area contributed by atoms with Crippen molar-refractivity contribution in [2.24, 2.45) is 0 Å². The Hall–Kier alpha value is -2.59. The molecule has 0 unspecified atom stereocenters. The van der Waals surface area contributed by atoms with Crippen molar-refractivity contribution in [2.45, 2.75) is 20.4 Å². The molecule has 0 bridgehead atoms. The summed E-state index contributed by atoms with van der Waals surface area (Å²) in [7, 11) is 3.07. The highest BCUT2D eigenvalue weighted by Crippen LogP contribution is 2.29. The van der Waals surface area contributed by atoms with E-state index in [2.05, 4.69) is 80.1 Å². The standard InChI is InChI=1S/C21H25N4.CH4O4S/c1-14-12-17-18(13-15(14)2)23-21-20(22-17)16-8-6-7-9-19(16)24(21)10-11-25(3,4)5;1-5-6(2,3)4/h6-9,12-13H,10-11H2,1-5H3;1H3,(H,2,3,4)/q+1;/p-1. The molecule has 0 radical (unpaired) electrons. The van der Waals surface area contributed by atoms with Gasteiger partial charge in [0.15, 0.2) is 5.65 Å². The SMILES string of the molecule is COS(=O)(=O)[O-].Cc1cc2nc3c4ccccc4n(CC[N+](C)(C)C)c3nc2cc1C. The molecule has 2 aromatic carbocycles. The Morgan fingerprint density at radius 1 is 1.03 bits per heavy atom. The predicted octanol–water partition coefficient (Wildman–Crippen LogP) is 3.15. The number of benzene rings is 2. The van der Waals surface area contributed by atoms with Crippen LogP contribution in [0.5, 0.6) is 0 Å². The normalized spacial score (nSPS) is 12.4. The molecule has 0 saturated heterocycles. The first-order chi connectivity index (χ1) is 14.4. The van der Waals surface area contributed by atoms with Gasteiger partial charge in [-0.2, -0.15) is 0 Å². The van der Waals surface area contributed by atoms with E-state index in [1.807, 2.05) is 0 Å². The summed E-state index contributed by atoms with van der Waals surface area (Å²) in [6, 6.07) is 12.8. The maximum atomic E-state index is 9.22. The number of aryl methyl sites for hydroxylation is 2. The molecule has 0 aliphatic rings. The third kappa shape index (κ3) is 5.37. The van der Waals surface area contributed by atoms with Gasteiger partial charge in [0.25, 0.3) is 0 Å². The van der Waals surface area contributed by atoms with Crippen molar-refractivity contribution in [2.75, 3.05) is 34.8 Å². The fourth-order valence-electron chi connectivity index (χ4n) is 3.32. The van der Waals surface area contributed by atoms with Gasteiger partial charge in [0.2, 0.25) is 10.4 Å². The number of hydrogen-bond acceptors (Lipinski definition) is 6. The predicted molar refractivity (Wildman–Crippen MR) is 122 cm³/mol. The molecule has 4 rings (SSSR count). The van der Waals surface area contributed by atoms with Crippen molar-refractivity contribution in [3.63, 3.8) is 0 Å². The third-order valence-electron chi connectivity index (χ3n) is 5.17. The van der Waals surface area contributed by atoms with Gasteiger partial charge >= 0.3 is 0 Å². The largest absolute Gasteiger partial charge is 0.726 e. The van der Waals surface area contributed by atoms with Crippen LogP contribution in [-0.4, -0.2) is 66.8 Å². The molecule has 9 heteroatoms. The minimum Gasteiger partial charge on any atom is -0.726 e. The summed E-state index contributed by atoms with van der Waals surface area (Å²) in [5.41, 5.74) is 7.69. The minimum absolute atomic E-state index is 0.808. The summed E-state index contributed by atoms with van der Waals surface area (Å²) in [5.74, 6) is 0. The Bertz CT molecular complexity index is 1360. The smallest absolute Gasteiger partial charge is 0.217 e. The van der Waals surface area contributed by atoms with E-state index in [4.69, 9.17) is 9.97 Å². The van der Waals surface area contributed by atoms with Crippen LogP contribution in [0.15, 0.2) is 36.4 Å². The lowest BCUT2D eigenvalue weighted by molar-refractivity contribution is -0.870. The van der Waals surface area contributed by atoms with E-state index >= 15 is 0 Å². The first-order valence-electron chi connectivity index (χ1n) is 9.87. The highest BCUT2D eigenvalue weighted by molar-refractivity contribution is 7.80. The maximum Gasteiger partial charge on any atom is 0.217 e. The van der Waals surface area contributed by atoms with Crippen molar-refractivity contribution in [1.82, 2.24) is 14.5 Å².